The quantitative estimate of drug-likeness (QED) is 0.438. The zero-order chi connectivity index (χ0) is 21.1. The molecular weight excluding hydrogens is 448 g/mol. The molecule has 0 amide bonds. The fourth-order valence-electron chi connectivity index (χ4n) is 3.17. The Morgan fingerprint density at radius 2 is 1.80 bits per heavy atom. The van der Waals surface area contributed by atoms with E-state index < -0.39 is 0 Å². The van der Waals surface area contributed by atoms with Crippen molar-refractivity contribution in [3.8, 4) is 23.0 Å². The summed E-state index contributed by atoms with van der Waals surface area (Å²) in [6, 6.07) is 18.6. The summed E-state index contributed by atoms with van der Waals surface area (Å²) < 4.78 is 23.4. The molecule has 5 nitrogen and oxygen atoms in total. The number of hydrogen-bond donors (Lipinski definition) is 0. The second kappa shape index (κ2) is 8.63. The van der Waals surface area contributed by atoms with Crippen LogP contribution in [0.1, 0.15) is 21.5 Å². The second-order valence-corrected chi connectivity index (χ2v) is 7.51. The molecule has 0 aliphatic carbocycles. The van der Waals surface area contributed by atoms with E-state index >= 15 is 0 Å². The average Bonchev–Trinajstić information content (AvgIpc) is 3.07. The topological polar surface area (TPSA) is 54.0 Å². The molecule has 3 aromatic carbocycles. The van der Waals surface area contributed by atoms with Gasteiger partial charge in [0.2, 0.25) is 5.78 Å². The van der Waals surface area contributed by atoms with Gasteiger partial charge in [-0.2, -0.15) is 0 Å². The Hall–Kier alpha value is -3.25. The maximum absolute atomic E-state index is 12.8. The Morgan fingerprint density at radius 3 is 2.53 bits per heavy atom. The van der Waals surface area contributed by atoms with Gasteiger partial charge in [0.1, 0.15) is 18.1 Å². The van der Waals surface area contributed by atoms with Gasteiger partial charge < -0.3 is 18.9 Å². The molecule has 1 aliphatic heterocycles. The van der Waals surface area contributed by atoms with Crippen LogP contribution < -0.4 is 18.9 Å². The smallest absolute Gasteiger partial charge is 0.231 e. The van der Waals surface area contributed by atoms with E-state index in [4.69, 9.17) is 18.9 Å². The first-order valence-corrected chi connectivity index (χ1v) is 10.0. The predicted molar refractivity (Wildman–Crippen MR) is 117 cm³/mol. The van der Waals surface area contributed by atoms with Crippen molar-refractivity contribution in [2.75, 3.05) is 14.2 Å². The van der Waals surface area contributed by atoms with E-state index in [0.717, 1.165) is 10.0 Å². The minimum atomic E-state index is -0.186. The molecule has 0 N–H and O–H groups in total. The molecule has 30 heavy (non-hydrogen) atoms. The highest BCUT2D eigenvalue weighted by Crippen LogP contribution is 2.37. The molecule has 0 spiro atoms. The standard InChI is InChI=1S/C24H19BrO5/c1-27-20-5-3-4-16(24(20)28-2)12-22-23(26)19-11-10-18(13-21(19)30-22)29-14-15-6-8-17(25)9-7-15/h3-13H,14H2,1-2H3. The van der Waals surface area contributed by atoms with Crippen LogP contribution in [0.2, 0.25) is 0 Å². The molecule has 4 rings (SSSR count). The van der Waals surface area contributed by atoms with Crippen LogP contribution >= 0.6 is 15.9 Å². The number of rotatable bonds is 6. The molecule has 0 bridgehead atoms. The summed E-state index contributed by atoms with van der Waals surface area (Å²) in [6.07, 6.45) is 1.66. The van der Waals surface area contributed by atoms with Crippen LogP contribution in [0.4, 0.5) is 0 Å². The van der Waals surface area contributed by atoms with Crippen molar-refractivity contribution < 1.29 is 23.7 Å². The van der Waals surface area contributed by atoms with E-state index in [-0.39, 0.29) is 11.5 Å². The van der Waals surface area contributed by atoms with Crippen molar-refractivity contribution in [1.82, 2.24) is 0 Å². The maximum atomic E-state index is 12.8. The van der Waals surface area contributed by atoms with Crippen LogP contribution in [0, 0.1) is 0 Å². The number of methoxy groups -OCH3 is 2. The van der Waals surface area contributed by atoms with Crippen molar-refractivity contribution in [2.45, 2.75) is 6.61 Å². The first kappa shape index (κ1) is 20.0. The molecule has 0 radical (unpaired) electrons. The van der Waals surface area contributed by atoms with Gasteiger partial charge in [-0.3, -0.25) is 4.79 Å². The third-order valence-corrected chi connectivity index (χ3v) is 5.21. The molecular formula is C24H19BrO5. The van der Waals surface area contributed by atoms with Gasteiger partial charge in [-0.15, -0.1) is 0 Å². The van der Waals surface area contributed by atoms with Gasteiger partial charge in [-0.25, -0.2) is 0 Å². The monoisotopic (exact) mass is 466 g/mol. The number of para-hydroxylation sites is 1. The Morgan fingerprint density at radius 1 is 1.00 bits per heavy atom. The van der Waals surface area contributed by atoms with Crippen LogP contribution in [-0.4, -0.2) is 20.0 Å². The molecule has 1 aliphatic rings. The first-order valence-electron chi connectivity index (χ1n) is 9.25. The SMILES string of the molecule is COc1cccc(C=C2Oc3cc(OCc4ccc(Br)cc4)ccc3C2=O)c1OC. The lowest BCUT2D eigenvalue weighted by Crippen LogP contribution is -1.99. The van der Waals surface area contributed by atoms with E-state index in [1.165, 1.54) is 0 Å². The lowest BCUT2D eigenvalue weighted by molar-refractivity contribution is 0.101. The number of ether oxygens (including phenoxy) is 4. The van der Waals surface area contributed by atoms with Gasteiger partial charge in [0.25, 0.3) is 0 Å². The number of Topliss-reactive ketones (excluding diaryl/α,β-unsaturated/α-hetero) is 1. The molecule has 6 heteroatoms. The Bertz CT molecular complexity index is 1120. The van der Waals surface area contributed by atoms with Crippen LogP contribution in [0.5, 0.6) is 23.0 Å². The van der Waals surface area contributed by atoms with Crippen molar-refractivity contribution in [3.05, 3.63) is 87.6 Å². The number of halogens is 1. The van der Waals surface area contributed by atoms with E-state index in [0.29, 0.717) is 40.7 Å². The normalized spacial score (nSPS) is 13.7. The van der Waals surface area contributed by atoms with Gasteiger partial charge in [0.15, 0.2) is 17.3 Å². The Labute approximate surface area is 183 Å². The molecule has 0 atom stereocenters. The summed E-state index contributed by atoms with van der Waals surface area (Å²) in [5.74, 6) is 2.26. The summed E-state index contributed by atoms with van der Waals surface area (Å²) in [6.45, 7) is 0.420. The zero-order valence-corrected chi connectivity index (χ0v) is 18.1. The molecule has 0 saturated heterocycles. The average molecular weight is 467 g/mol. The zero-order valence-electron chi connectivity index (χ0n) is 16.5. The minimum Gasteiger partial charge on any atom is -0.493 e. The van der Waals surface area contributed by atoms with Gasteiger partial charge in [0, 0.05) is 16.1 Å². The highest BCUT2D eigenvalue weighted by Gasteiger charge is 2.28. The Kier molecular flexibility index (Phi) is 5.77. The summed E-state index contributed by atoms with van der Waals surface area (Å²) >= 11 is 3.42. The number of allylic oxidation sites excluding steroid dienone is 1. The van der Waals surface area contributed by atoms with E-state index in [9.17, 15) is 4.79 Å². The molecule has 0 fully saturated rings. The Balaban J connectivity index is 1.54. The second-order valence-electron chi connectivity index (χ2n) is 6.60. The summed E-state index contributed by atoms with van der Waals surface area (Å²) in [4.78, 5) is 12.8. The summed E-state index contributed by atoms with van der Waals surface area (Å²) in [7, 11) is 3.12. The van der Waals surface area contributed by atoms with E-state index in [1.807, 2.05) is 36.4 Å². The predicted octanol–water partition coefficient (Wildman–Crippen LogP) is 5.66. The number of carbonyl (C=O) groups excluding carboxylic acids is 1. The summed E-state index contributed by atoms with van der Waals surface area (Å²) in [5.41, 5.74) is 2.24. The molecule has 1 heterocycles. The maximum Gasteiger partial charge on any atom is 0.231 e. The van der Waals surface area contributed by atoms with Crippen LogP contribution in [-0.2, 0) is 6.61 Å². The van der Waals surface area contributed by atoms with Crippen molar-refractivity contribution in [3.63, 3.8) is 0 Å². The number of carbonyl (C=O) groups is 1. The molecule has 0 unspecified atom stereocenters. The number of ketones is 1. The van der Waals surface area contributed by atoms with Crippen molar-refractivity contribution in [2.24, 2.45) is 0 Å². The lowest BCUT2D eigenvalue weighted by Gasteiger charge is -2.10. The third-order valence-electron chi connectivity index (χ3n) is 4.68. The van der Waals surface area contributed by atoms with Crippen LogP contribution in [0.3, 0.4) is 0 Å². The van der Waals surface area contributed by atoms with Crippen molar-refractivity contribution in [1.29, 1.82) is 0 Å². The number of benzene rings is 3. The lowest BCUT2D eigenvalue weighted by atomic mass is 10.1. The van der Waals surface area contributed by atoms with Gasteiger partial charge in [-0.05, 0) is 42.0 Å². The van der Waals surface area contributed by atoms with Crippen LogP contribution in [0.25, 0.3) is 6.08 Å². The van der Waals surface area contributed by atoms with E-state index in [2.05, 4.69) is 15.9 Å². The van der Waals surface area contributed by atoms with E-state index in [1.54, 1.807) is 44.6 Å². The van der Waals surface area contributed by atoms with Crippen LogP contribution in [0.15, 0.2) is 70.9 Å². The highest BCUT2D eigenvalue weighted by molar-refractivity contribution is 9.10. The molecule has 0 saturated carbocycles. The molecule has 0 aromatic heterocycles. The van der Waals surface area contributed by atoms with Gasteiger partial charge >= 0.3 is 0 Å². The van der Waals surface area contributed by atoms with Gasteiger partial charge in [-0.1, -0.05) is 40.2 Å². The fourth-order valence-corrected chi connectivity index (χ4v) is 3.44. The minimum absolute atomic E-state index is 0.186. The van der Waals surface area contributed by atoms with Crippen molar-refractivity contribution >= 4 is 27.8 Å². The highest BCUT2D eigenvalue weighted by atomic mass is 79.9. The first-order chi connectivity index (χ1) is 14.6. The summed E-state index contributed by atoms with van der Waals surface area (Å²) in [5, 5.41) is 0. The fraction of sp³-hybridized carbons (Fsp3) is 0.125. The number of fused-ring (bicyclic) bond motifs is 1. The number of hydrogen-bond acceptors (Lipinski definition) is 5. The molecule has 3 aromatic rings. The van der Waals surface area contributed by atoms with Gasteiger partial charge in [0.05, 0.1) is 19.8 Å². The molecule has 152 valence electrons. The third kappa shape index (κ3) is 4.04. The largest absolute Gasteiger partial charge is 0.493 e.